The maximum atomic E-state index is 11.8. The van der Waals surface area contributed by atoms with Crippen LogP contribution in [0.3, 0.4) is 0 Å². The Balaban J connectivity index is 2.52. The summed E-state index contributed by atoms with van der Waals surface area (Å²) in [6.07, 6.45) is 0.530. The predicted octanol–water partition coefficient (Wildman–Crippen LogP) is 0.568. The highest BCUT2D eigenvalue weighted by atomic mass is 16.2. The number of nitrogens with two attached hydrogens (primary N) is 1. The minimum Gasteiger partial charge on any atom is -0.370 e. The molecule has 0 aliphatic rings. The third-order valence-corrected chi connectivity index (χ3v) is 2.71. The number of carbonyl (C=O) groups excluding carboxylic acids is 3. The van der Waals surface area contributed by atoms with E-state index >= 15 is 0 Å². The second kappa shape index (κ2) is 7.31. The van der Waals surface area contributed by atoms with Gasteiger partial charge in [-0.1, -0.05) is 30.3 Å². The van der Waals surface area contributed by atoms with Crippen LogP contribution in [0.15, 0.2) is 30.3 Å². The van der Waals surface area contributed by atoms with Crippen LogP contribution in [0.5, 0.6) is 0 Å². The van der Waals surface area contributed by atoms with Gasteiger partial charge in [-0.25, -0.2) is 0 Å². The van der Waals surface area contributed by atoms with E-state index in [1.165, 1.54) is 6.92 Å². The Morgan fingerprint density at radius 1 is 1.21 bits per heavy atom. The van der Waals surface area contributed by atoms with Crippen molar-refractivity contribution >= 4 is 17.6 Å². The summed E-state index contributed by atoms with van der Waals surface area (Å²) >= 11 is 0. The van der Waals surface area contributed by atoms with Crippen LogP contribution >= 0.6 is 0 Å². The second-order valence-electron chi connectivity index (χ2n) is 4.40. The van der Waals surface area contributed by atoms with E-state index in [1.54, 1.807) is 0 Å². The van der Waals surface area contributed by atoms with Gasteiger partial charge in [-0.05, 0) is 18.9 Å². The second-order valence-corrected chi connectivity index (χ2v) is 4.40. The molecule has 2 amide bonds. The maximum absolute atomic E-state index is 11.8. The number of amides is 2. The smallest absolute Gasteiger partial charge is 0.224 e. The zero-order valence-corrected chi connectivity index (χ0v) is 10.9. The number of hydrogen-bond acceptors (Lipinski definition) is 3. The van der Waals surface area contributed by atoms with Crippen molar-refractivity contribution < 1.29 is 14.4 Å². The van der Waals surface area contributed by atoms with Crippen molar-refractivity contribution in [2.24, 2.45) is 5.73 Å². The maximum Gasteiger partial charge on any atom is 0.224 e. The summed E-state index contributed by atoms with van der Waals surface area (Å²) in [6, 6.07) is 8.59. The molecule has 1 aromatic carbocycles. The Bertz CT molecular complexity index is 457. The Morgan fingerprint density at radius 3 is 2.37 bits per heavy atom. The SMILES string of the molecule is CC(=O)[C@H](CCC(N)=O)NC(=O)Cc1ccccc1. The molecule has 0 saturated carbocycles. The van der Waals surface area contributed by atoms with Crippen LogP contribution in [0.25, 0.3) is 0 Å². The topological polar surface area (TPSA) is 89.3 Å². The number of ketones is 1. The van der Waals surface area contributed by atoms with Crippen molar-refractivity contribution in [3.8, 4) is 0 Å². The van der Waals surface area contributed by atoms with E-state index in [-0.39, 0.29) is 31.0 Å². The van der Waals surface area contributed by atoms with E-state index in [4.69, 9.17) is 5.73 Å². The largest absolute Gasteiger partial charge is 0.370 e. The molecule has 0 heterocycles. The van der Waals surface area contributed by atoms with Crippen LogP contribution in [0.4, 0.5) is 0 Å². The number of primary amides is 1. The van der Waals surface area contributed by atoms with E-state index in [2.05, 4.69) is 5.32 Å². The quantitative estimate of drug-likeness (QED) is 0.752. The molecule has 102 valence electrons. The molecule has 5 heteroatoms. The Kier molecular flexibility index (Phi) is 5.73. The summed E-state index contributed by atoms with van der Waals surface area (Å²) in [5.74, 6) is -0.901. The van der Waals surface area contributed by atoms with E-state index in [1.807, 2.05) is 30.3 Å². The van der Waals surface area contributed by atoms with Gasteiger partial charge >= 0.3 is 0 Å². The molecular formula is C14H18N2O3. The van der Waals surface area contributed by atoms with E-state index in [0.29, 0.717) is 0 Å². The van der Waals surface area contributed by atoms with Gasteiger partial charge in [-0.15, -0.1) is 0 Å². The number of nitrogens with one attached hydrogen (secondary N) is 1. The molecular weight excluding hydrogens is 244 g/mol. The lowest BCUT2D eigenvalue weighted by Gasteiger charge is -2.15. The van der Waals surface area contributed by atoms with Crippen LogP contribution < -0.4 is 11.1 Å². The Labute approximate surface area is 112 Å². The van der Waals surface area contributed by atoms with Gasteiger partial charge in [0.2, 0.25) is 11.8 Å². The third-order valence-electron chi connectivity index (χ3n) is 2.71. The zero-order valence-electron chi connectivity index (χ0n) is 10.9. The molecule has 0 radical (unpaired) electrons. The number of carbonyl (C=O) groups is 3. The molecule has 0 saturated heterocycles. The summed E-state index contributed by atoms with van der Waals surface area (Å²) in [5, 5.41) is 2.62. The highest BCUT2D eigenvalue weighted by molar-refractivity contribution is 5.88. The lowest BCUT2D eigenvalue weighted by atomic mass is 10.1. The number of benzene rings is 1. The third kappa shape index (κ3) is 5.81. The fourth-order valence-electron chi connectivity index (χ4n) is 1.69. The lowest BCUT2D eigenvalue weighted by Crippen LogP contribution is -2.41. The van der Waals surface area contributed by atoms with E-state index in [0.717, 1.165) is 5.56 Å². The van der Waals surface area contributed by atoms with E-state index in [9.17, 15) is 14.4 Å². The van der Waals surface area contributed by atoms with Crippen molar-refractivity contribution in [1.29, 1.82) is 0 Å². The van der Waals surface area contributed by atoms with Crippen molar-refractivity contribution in [2.45, 2.75) is 32.2 Å². The van der Waals surface area contributed by atoms with Gasteiger partial charge in [0.05, 0.1) is 12.5 Å². The molecule has 3 N–H and O–H groups in total. The molecule has 1 aromatic rings. The molecule has 0 bridgehead atoms. The van der Waals surface area contributed by atoms with Crippen molar-refractivity contribution in [1.82, 2.24) is 5.32 Å². The highest BCUT2D eigenvalue weighted by Crippen LogP contribution is 2.02. The van der Waals surface area contributed by atoms with Crippen molar-refractivity contribution in [2.75, 3.05) is 0 Å². The first-order valence-electron chi connectivity index (χ1n) is 6.11. The van der Waals surface area contributed by atoms with Crippen LogP contribution in [0, 0.1) is 0 Å². The molecule has 5 nitrogen and oxygen atoms in total. The normalized spacial score (nSPS) is 11.6. The van der Waals surface area contributed by atoms with Gasteiger partial charge in [0, 0.05) is 6.42 Å². The van der Waals surface area contributed by atoms with Crippen molar-refractivity contribution in [3.63, 3.8) is 0 Å². The van der Waals surface area contributed by atoms with Crippen LogP contribution in [0.1, 0.15) is 25.3 Å². The fraction of sp³-hybridized carbons (Fsp3) is 0.357. The fourth-order valence-corrected chi connectivity index (χ4v) is 1.69. The minimum atomic E-state index is -0.649. The average Bonchev–Trinajstić information content (AvgIpc) is 2.35. The van der Waals surface area contributed by atoms with Gasteiger partial charge in [0.15, 0.2) is 5.78 Å². The summed E-state index contributed by atoms with van der Waals surface area (Å²) < 4.78 is 0. The van der Waals surface area contributed by atoms with Crippen LogP contribution in [0.2, 0.25) is 0 Å². The lowest BCUT2D eigenvalue weighted by molar-refractivity contribution is -0.127. The summed E-state index contributed by atoms with van der Waals surface area (Å²) in [6.45, 7) is 1.38. The van der Waals surface area contributed by atoms with Gasteiger partial charge in [-0.2, -0.15) is 0 Å². The first-order chi connectivity index (χ1) is 8.99. The first-order valence-corrected chi connectivity index (χ1v) is 6.11. The Morgan fingerprint density at radius 2 is 1.84 bits per heavy atom. The summed E-state index contributed by atoms with van der Waals surface area (Å²) in [7, 11) is 0. The predicted molar refractivity (Wildman–Crippen MR) is 71.2 cm³/mol. The van der Waals surface area contributed by atoms with Gasteiger partial charge < -0.3 is 11.1 Å². The molecule has 0 unspecified atom stereocenters. The van der Waals surface area contributed by atoms with Crippen LogP contribution in [-0.2, 0) is 20.8 Å². The van der Waals surface area contributed by atoms with E-state index < -0.39 is 11.9 Å². The molecule has 0 aliphatic carbocycles. The molecule has 1 atom stereocenters. The monoisotopic (exact) mass is 262 g/mol. The molecule has 0 spiro atoms. The Hall–Kier alpha value is -2.17. The number of hydrogen-bond donors (Lipinski definition) is 2. The van der Waals surface area contributed by atoms with Gasteiger partial charge in [0.25, 0.3) is 0 Å². The summed E-state index contributed by atoms with van der Waals surface area (Å²) in [5.41, 5.74) is 5.90. The van der Waals surface area contributed by atoms with Crippen LogP contribution in [-0.4, -0.2) is 23.6 Å². The molecule has 0 fully saturated rings. The standard InChI is InChI=1S/C14H18N2O3/c1-10(17)12(7-8-13(15)18)16-14(19)9-11-5-3-2-4-6-11/h2-6,12H,7-9H2,1H3,(H2,15,18)(H,16,19)/t12-/m0/s1. The molecule has 0 aliphatic heterocycles. The van der Waals surface area contributed by atoms with Crippen molar-refractivity contribution in [3.05, 3.63) is 35.9 Å². The number of rotatable bonds is 7. The average molecular weight is 262 g/mol. The first kappa shape index (κ1) is 14.9. The number of Topliss-reactive ketones (excluding diaryl/α,β-unsaturated/α-hetero) is 1. The molecule has 1 rings (SSSR count). The van der Waals surface area contributed by atoms with Gasteiger partial charge in [0.1, 0.15) is 0 Å². The zero-order chi connectivity index (χ0) is 14.3. The molecule has 19 heavy (non-hydrogen) atoms. The molecule has 0 aromatic heterocycles. The van der Waals surface area contributed by atoms with Gasteiger partial charge in [-0.3, -0.25) is 14.4 Å². The highest BCUT2D eigenvalue weighted by Gasteiger charge is 2.17. The minimum absolute atomic E-state index is 0.0792. The summed E-state index contributed by atoms with van der Waals surface area (Å²) in [4.78, 5) is 33.9.